The van der Waals surface area contributed by atoms with E-state index in [1.54, 1.807) is 24.3 Å². The van der Waals surface area contributed by atoms with Gasteiger partial charge in [-0.2, -0.15) is 9.97 Å². The molecule has 4 aromatic rings. The molecular weight excluding hydrogens is 588 g/mol. The molecule has 0 radical (unpaired) electrons. The Morgan fingerprint density at radius 3 is 2.76 bits per heavy atom. The van der Waals surface area contributed by atoms with Crippen LogP contribution in [0.3, 0.4) is 0 Å². The fourth-order valence-electron chi connectivity index (χ4n) is 4.14. The van der Waals surface area contributed by atoms with E-state index in [4.69, 9.17) is 31.1 Å². The average molecular weight is 612 g/mol. The number of hydrogen-bond acceptors (Lipinski definition) is 12. The Morgan fingerprint density at radius 1 is 1.29 bits per heavy atom. The molecule has 4 heterocycles. The van der Waals surface area contributed by atoms with Crippen molar-refractivity contribution in [3.8, 4) is 0 Å². The van der Waals surface area contributed by atoms with Gasteiger partial charge in [-0.1, -0.05) is 35.3 Å². The Hall–Kier alpha value is -3.57. The van der Waals surface area contributed by atoms with E-state index in [1.807, 2.05) is 6.07 Å². The number of nitrogens with two attached hydrogens (primary N) is 1. The van der Waals surface area contributed by atoms with E-state index >= 15 is 4.39 Å². The molecule has 5 rings (SSSR count). The number of ether oxygens (including phenoxy) is 1. The second-order valence-electron chi connectivity index (χ2n) is 8.95. The lowest BCUT2D eigenvalue weighted by molar-refractivity contribution is -0.396. The van der Waals surface area contributed by atoms with E-state index in [0.29, 0.717) is 0 Å². The number of nitrogen functional groups attached to an aromatic ring is 1. The minimum atomic E-state index is -4.16. The van der Waals surface area contributed by atoms with Crippen LogP contribution >= 0.6 is 19.3 Å². The maximum Gasteiger partial charge on any atom is 0.434 e. The Balaban J connectivity index is 1.31. The fourth-order valence-corrected chi connectivity index (χ4v) is 5.58. The summed E-state index contributed by atoms with van der Waals surface area (Å²) >= 11 is 5.89. The summed E-state index contributed by atoms with van der Waals surface area (Å²) in [6.45, 7) is -0.857. The maximum atomic E-state index is 15.2. The molecule has 1 aromatic carbocycles. The molecule has 16 nitrogen and oxygen atoms in total. The number of hydrogen-bond donors (Lipinski definition) is 3. The first kappa shape index (κ1) is 28.9. The number of nitro groups is 1. The van der Waals surface area contributed by atoms with Crippen LogP contribution in [0.4, 0.5) is 16.2 Å². The molecule has 5 atom stereocenters. The highest BCUT2D eigenvalue weighted by molar-refractivity contribution is 7.51. The van der Waals surface area contributed by atoms with Crippen LogP contribution in [0.1, 0.15) is 17.5 Å². The molecule has 19 heteroatoms. The van der Waals surface area contributed by atoms with Crippen LogP contribution in [-0.2, 0) is 38.5 Å². The first-order chi connectivity index (χ1) is 19.6. The van der Waals surface area contributed by atoms with Crippen molar-refractivity contribution in [2.75, 3.05) is 12.3 Å². The van der Waals surface area contributed by atoms with Gasteiger partial charge in [0.1, 0.15) is 36.2 Å². The summed E-state index contributed by atoms with van der Waals surface area (Å²) in [7, 11) is -2.76. The molecule has 1 aliphatic rings. The number of fused-ring (bicyclic) bond motifs is 1. The van der Waals surface area contributed by atoms with Gasteiger partial charge in [0.2, 0.25) is 5.28 Å². The van der Waals surface area contributed by atoms with Crippen LogP contribution in [0, 0.1) is 10.1 Å². The first-order valence-electron chi connectivity index (χ1n) is 12.0. The highest BCUT2D eigenvalue weighted by Crippen LogP contribution is 2.46. The molecule has 3 aromatic heterocycles. The van der Waals surface area contributed by atoms with Gasteiger partial charge >= 0.3 is 13.7 Å². The quantitative estimate of drug-likeness (QED) is 0.0964. The molecule has 0 saturated carbocycles. The lowest BCUT2D eigenvalue weighted by atomic mass is 10.1. The van der Waals surface area contributed by atoms with Crippen LogP contribution in [0.5, 0.6) is 0 Å². The average Bonchev–Trinajstić information content (AvgIpc) is 3.62. The van der Waals surface area contributed by atoms with Gasteiger partial charge in [-0.05, 0) is 22.1 Å². The van der Waals surface area contributed by atoms with Crippen molar-refractivity contribution < 1.29 is 32.8 Å². The van der Waals surface area contributed by atoms with Gasteiger partial charge in [-0.15, -0.1) is 0 Å². The zero-order valence-electron chi connectivity index (χ0n) is 21.3. The SMILES string of the molecule is Cn1c(COP(=O)(NCc2ccccc2)OC[C@H]2O[C@@H](n3cnc4c(N)nc(Cl)nc43)C(F)C2O)cnc1[N+](=O)[O-]. The number of anilines is 1. The van der Waals surface area contributed by atoms with Crippen LogP contribution in [-0.4, -0.2) is 64.1 Å². The third-order valence-corrected chi connectivity index (χ3v) is 8.00. The number of halogens is 2. The molecule has 4 N–H and O–H groups in total. The minimum Gasteiger partial charge on any atom is -0.390 e. The summed E-state index contributed by atoms with van der Waals surface area (Å²) in [5, 5.41) is 24.2. The predicted molar refractivity (Wildman–Crippen MR) is 141 cm³/mol. The second-order valence-corrected chi connectivity index (χ2v) is 11.1. The van der Waals surface area contributed by atoms with Gasteiger partial charge in [0.05, 0.1) is 20.0 Å². The number of nitrogens with zero attached hydrogens (tertiary/aromatic N) is 7. The van der Waals surface area contributed by atoms with Crippen LogP contribution in [0.2, 0.25) is 5.28 Å². The molecule has 0 bridgehead atoms. The number of rotatable bonds is 11. The number of aromatic nitrogens is 6. The first-order valence-corrected chi connectivity index (χ1v) is 13.9. The molecule has 41 heavy (non-hydrogen) atoms. The van der Waals surface area contributed by atoms with Crippen molar-refractivity contribution in [1.82, 2.24) is 34.2 Å². The number of imidazole rings is 2. The largest absolute Gasteiger partial charge is 0.434 e. The molecule has 218 valence electrons. The van der Waals surface area contributed by atoms with E-state index in [9.17, 15) is 19.8 Å². The Kier molecular flexibility index (Phi) is 8.28. The lowest BCUT2D eigenvalue weighted by Crippen LogP contribution is -2.32. The summed E-state index contributed by atoms with van der Waals surface area (Å²) in [5.41, 5.74) is 7.07. The van der Waals surface area contributed by atoms with Crippen molar-refractivity contribution >= 4 is 42.3 Å². The topological polar surface area (TPSA) is 208 Å². The number of alkyl halides is 1. The summed E-state index contributed by atoms with van der Waals surface area (Å²) in [4.78, 5) is 26.1. The number of aliphatic hydroxyl groups excluding tert-OH is 1. The molecule has 0 amide bonds. The van der Waals surface area contributed by atoms with Crippen LogP contribution < -0.4 is 10.8 Å². The zero-order valence-corrected chi connectivity index (χ0v) is 22.9. The molecule has 1 saturated heterocycles. The third-order valence-electron chi connectivity index (χ3n) is 6.32. The third kappa shape index (κ3) is 6.06. The van der Waals surface area contributed by atoms with Gasteiger partial charge < -0.3 is 25.7 Å². The van der Waals surface area contributed by atoms with E-state index < -0.39 is 49.8 Å². The normalized spacial score (nSPS) is 22.2. The molecule has 0 aliphatic carbocycles. The predicted octanol–water partition coefficient (Wildman–Crippen LogP) is 2.43. The molecule has 1 fully saturated rings. The van der Waals surface area contributed by atoms with E-state index in [-0.39, 0.29) is 41.1 Å². The standard InChI is InChI=1S/C22H24ClFN9O7P/c1-31-13(8-26-22(31)33(35)36)9-38-41(37,28-7-12-5-3-2-4-6-12)39-10-14-17(34)15(24)20(40-14)32-11-27-16-18(25)29-21(23)30-19(16)32/h2-6,8,11,14-15,17,20,34H,7,9-10H2,1H3,(H,28,37)(H2,25,29,30)/t14-,15?,17?,20-,41?/m1/s1. The maximum absolute atomic E-state index is 15.2. The zero-order chi connectivity index (χ0) is 29.3. The van der Waals surface area contributed by atoms with Gasteiger partial charge in [0, 0.05) is 6.54 Å². The monoisotopic (exact) mass is 611 g/mol. The van der Waals surface area contributed by atoms with Crippen LogP contribution in [0.25, 0.3) is 11.2 Å². The summed E-state index contributed by atoms with van der Waals surface area (Å²) in [5.74, 6) is -0.451. The van der Waals surface area contributed by atoms with Gasteiger partial charge in [0.25, 0.3) is 0 Å². The summed E-state index contributed by atoms with van der Waals surface area (Å²) in [6.07, 6.45) is -3.88. The smallest absolute Gasteiger partial charge is 0.390 e. The summed E-state index contributed by atoms with van der Waals surface area (Å²) in [6, 6.07) is 8.94. The molecule has 3 unspecified atom stereocenters. The van der Waals surface area contributed by atoms with E-state index in [0.717, 1.165) is 5.56 Å². The van der Waals surface area contributed by atoms with Crippen molar-refractivity contribution in [3.63, 3.8) is 0 Å². The lowest BCUT2D eigenvalue weighted by Gasteiger charge is -2.22. The van der Waals surface area contributed by atoms with Crippen molar-refractivity contribution in [2.24, 2.45) is 7.05 Å². The van der Waals surface area contributed by atoms with Gasteiger partial charge in [-0.3, -0.25) is 13.6 Å². The Morgan fingerprint density at radius 2 is 2.05 bits per heavy atom. The van der Waals surface area contributed by atoms with Crippen molar-refractivity contribution in [3.05, 3.63) is 69.5 Å². The minimum absolute atomic E-state index is 0.0195. The molecule has 0 spiro atoms. The van der Waals surface area contributed by atoms with E-state index in [2.05, 4.69) is 25.0 Å². The molecular formula is C22H24ClFN9O7P. The number of aliphatic hydroxyl groups is 1. The van der Waals surface area contributed by atoms with Crippen molar-refractivity contribution in [1.29, 1.82) is 0 Å². The van der Waals surface area contributed by atoms with Crippen molar-refractivity contribution in [2.45, 2.75) is 37.8 Å². The summed E-state index contributed by atoms with van der Waals surface area (Å²) < 4.78 is 48.2. The second kappa shape index (κ2) is 11.7. The van der Waals surface area contributed by atoms with Gasteiger partial charge in [-0.25, -0.2) is 23.6 Å². The fraction of sp³-hybridized carbons (Fsp3) is 0.364. The Labute approximate surface area is 236 Å². The Bertz CT molecular complexity index is 1610. The highest BCUT2D eigenvalue weighted by atomic mass is 35.5. The molecule has 1 aliphatic heterocycles. The van der Waals surface area contributed by atoms with Gasteiger partial charge in [0.15, 0.2) is 23.9 Å². The number of benzene rings is 1. The van der Waals surface area contributed by atoms with Crippen LogP contribution in [0.15, 0.2) is 42.9 Å². The number of nitrogens with one attached hydrogen (secondary N) is 1. The highest BCUT2D eigenvalue weighted by Gasteiger charge is 2.47. The van der Waals surface area contributed by atoms with E-state index in [1.165, 1.54) is 28.7 Å².